The predicted molar refractivity (Wildman–Crippen MR) is 109 cm³/mol. The Morgan fingerprint density at radius 2 is 1.43 bits per heavy atom. The van der Waals surface area contributed by atoms with E-state index >= 15 is 0 Å². The van der Waals surface area contributed by atoms with Crippen LogP contribution in [-0.4, -0.2) is 0 Å². The maximum Gasteiger partial charge on any atom is 0.160 e. The lowest BCUT2D eigenvalue weighted by atomic mass is 9.79. The zero-order valence-electron chi connectivity index (χ0n) is 16.5. The van der Waals surface area contributed by atoms with Gasteiger partial charge in [0, 0.05) is 16.7 Å². The lowest BCUT2D eigenvalue weighted by Crippen LogP contribution is -2.16. The number of halogens is 4. The Kier molecular flexibility index (Phi) is 5.63. The number of benzene rings is 3. The standard InChI is InChI=1S/C26H20F4/c1-2-16-12-24(29)26(25(30)13-16)21-9-8-19-11-17(5-7-20(19)15-21)3-4-18-6-10-22(27)23(28)14-18/h5-7,10-14,21H,2,8-9,15H2,1H3. The summed E-state index contributed by atoms with van der Waals surface area (Å²) in [5, 5.41) is 0. The average molecular weight is 408 g/mol. The molecule has 0 fully saturated rings. The monoisotopic (exact) mass is 408 g/mol. The summed E-state index contributed by atoms with van der Waals surface area (Å²) in [5.41, 5.74) is 4.17. The summed E-state index contributed by atoms with van der Waals surface area (Å²) in [6.45, 7) is 1.87. The van der Waals surface area contributed by atoms with Gasteiger partial charge in [0.25, 0.3) is 0 Å². The largest absolute Gasteiger partial charge is 0.207 e. The van der Waals surface area contributed by atoms with E-state index in [2.05, 4.69) is 11.8 Å². The summed E-state index contributed by atoms with van der Waals surface area (Å²) in [5.74, 6) is 2.87. The summed E-state index contributed by atoms with van der Waals surface area (Å²) in [4.78, 5) is 0. The molecule has 1 aliphatic rings. The van der Waals surface area contributed by atoms with Gasteiger partial charge in [-0.15, -0.1) is 0 Å². The topological polar surface area (TPSA) is 0 Å². The van der Waals surface area contributed by atoms with Crippen molar-refractivity contribution in [2.75, 3.05) is 0 Å². The fraction of sp³-hybridized carbons (Fsp3) is 0.231. The first-order chi connectivity index (χ1) is 14.4. The number of rotatable bonds is 2. The first-order valence-electron chi connectivity index (χ1n) is 10.0. The Labute approximate surface area is 173 Å². The molecule has 0 radical (unpaired) electrons. The number of fused-ring (bicyclic) bond motifs is 1. The normalized spacial score (nSPS) is 15.3. The van der Waals surface area contributed by atoms with Crippen LogP contribution in [0.1, 0.15) is 52.6 Å². The molecule has 30 heavy (non-hydrogen) atoms. The summed E-state index contributed by atoms with van der Waals surface area (Å²) >= 11 is 0. The Morgan fingerprint density at radius 3 is 2.10 bits per heavy atom. The first kappa shape index (κ1) is 20.2. The van der Waals surface area contributed by atoms with Crippen LogP contribution in [0.2, 0.25) is 0 Å². The third kappa shape index (κ3) is 4.11. The molecule has 4 heteroatoms. The average Bonchev–Trinajstić information content (AvgIpc) is 2.74. The second-order valence-corrected chi connectivity index (χ2v) is 7.63. The molecule has 0 aromatic heterocycles. The van der Waals surface area contributed by atoms with Crippen molar-refractivity contribution in [1.29, 1.82) is 0 Å². The molecular formula is C26H20F4. The molecule has 0 aliphatic heterocycles. The Balaban J connectivity index is 1.56. The quantitative estimate of drug-likeness (QED) is 0.336. The van der Waals surface area contributed by atoms with Crippen LogP contribution in [0.3, 0.4) is 0 Å². The van der Waals surface area contributed by atoms with E-state index in [9.17, 15) is 17.6 Å². The van der Waals surface area contributed by atoms with Crippen LogP contribution >= 0.6 is 0 Å². The van der Waals surface area contributed by atoms with Gasteiger partial charge in [0.2, 0.25) is 0 Å². The van der Waals surface area contributed by atoms with Gasteiger partial charge in [0.05, 0.1) is 0 Å². The van der Waals surface area contributed by atoms with E-state index in [1.807, 2.05) is 25.1 Å². The highest BCUT2D eigenvalue weighted by Gasteiger charge is 2.25. The summed E-state index contributed by atoms with van der Waals surface area (Å²) in [6, 6.07) is 12.2. The minimum Gasteiger partial charge on any atom is -0.207 e. The molecule has 0 spiro atoms. The summed E-state index contributed by atoms with van der Waals surface area (Å²) < 4.78 is 55.4. The van der Waals surface area contributed by atoms with Crippen LogP contribution in [0.25, 0.3) is 0 Å². The van der Waals surface area contributed by atoms with Crippen molar-refractivity contribution in [3.05, 3.63) is 105 Å². The van der Waals surface area contributed by atoms with Gasteiger partial charge in [0.15, 0.2) is 11.6 Å². The smallest absolute Gasteiger partial charge is 0.160 e. The molecule has 152 valence electrons. The fourth-order valence-corrected chi connectivity index (χ4v) is 4.03. The highest BCUT2D eigenvalue weighted by atomic mass is 19.2. The van der Waals surface area contributed by atoms with Crippen LogP contribution < -0.4 is 0 Å². The molecular weight excluding hydrogens is 388 g/mol. The van der Waals surface area contributed by atoms with Crippen molar-refractivity contribution in [2.24, 2.45) is 0 Å². The van der Waals surface area contributed by atoms with E-state index in [4.69, 9.17) is 0 Å². The van der Waals surface area contributed by atoms with Gasteiger partial charge in [-0.25, -0.2) is 17.6 Å². The molecule has 0 amide bonds. The van der Waals surface area contributed by atoms with Crippen LogP contribution in [-0.2, 0) is 19.3 Å². The summed E-state index contributed by atoms with van der Waals surface area (Å²) in [7, 11) is 0. The fourth-order valence-electron chi connectivity index (χ4n) is 4.03. The van der Waals surface area contributed by atoms with E-state index in [0.29, 0.717) is 36.8 Å². The van der Waals surface area contributed by atoms with E-state index < -0.39 is 23.3 Å². The second kappa shape index (κ2) is 8.36. The highest BCUT2D eigenvalue weighted by Crippen LogP contribution is 2.36. The maximum absolute atomic E-state index is 14.5. The Morgan fingerprint density at radius 1 is 0.767 bits per heavy atom. The van der Waals surface area contributed by atoms with Gasteiger partial charge in [-0.3, -0.25) is 0 Å². The van der Waals surface area contributed by atoms with Crippen LogP contribution in [0.15, 0.2) is 48.5 Å². The molecule has 0 N–H and O–H groups in total. The first-order valence-corrected chi connectivity index (χ1v) is 10.0. The molecule has 0 saturated carbocycles. The SMILES string of the molecule is CCc1cc(F)c(C2CCc3cc(C#Cc4ccc(F)c(F)c4)ccc3C2)c(F)c1. The van der Waals surface area contributed by atoms with Gasteiger partial charge >= 0.3 is 0 Å². The zero-order chi connectivity index (χ0) is 21.3. The van der Waals surface area contributed by atoms with Crippen molar-refractivity contribution < 1.29 is 17.6 Å². The molecule has 0 saturated heterocycles. The van der Waals surface area contributed by atoms with Crippen molar-refractivity contribution in [1.82, 2.24) is 0 Å². The molecule has 3 aromatic carbocycles. The van der Waals surface area contributed by atoms with Crippen molar-refractivity contribution in [3.63, 3.8) is 0 Å². The third-order valence-corrected chi connectivity index (χ3v) is 5.66. The van der Waals surface area contributed by atoms with Crippen LogP contribution in [0.5, 0.6) is 0 Å². The van der Waals surface area contributed by atoms with E-state index in [1.165, 1.54) is 18.2 Å². The Bertz CT molecular complexity index is 1140. The maximum atomic E-state index is 14.5. The van der Waals surface area contributed by atoms with Crippen molar-refractivity contribution >= 4 is 0 Å². The van der Waals surface area contributed by atoms with Gasteiger partial charge in [-0.1, -0.05) is 24.8 Å². The highest BCUT2D eigenvalue weighted by molar-refractivity contribution is 5.47. The van der Waals surface area contributed by atoms with Crippen molar-refractivity contribution in [2.45, 2.75) is 38.5 Å². The molecule has 0 bridgehead atoms. The lowest BCUT2D eigenvalue weighted by Gasteiger charge is -2.26. The molecule has 1 aliphatic carbocycles. The van der Waals surface area contributed by atoms with E-state index in [-0.39, 0.29) is 11.5 Å². The second-order valence-electron chi connectivity index (χ2n) is 7.63. The predicted octanol–water partition coefficient (Wildman–Crippen LogP) is 6.48. The van der Waals surface area contributed by atoms with Gasteiger partial charge < -0.3 is 0 Å². The lowest BCUT2D eigenvalue weighted by molar-refractivity contribution is 0.490. The summed E-state index contributed by atoms with van der Waals surface area (Å²) in [6.07, 6.45) is 2.53. The van der Waals surface area contributed by atoms with Gasteiger partial charge in [-0.05, 0) is 90.8 Å². The minimum atomic E-state index is -0.926. The van der Waals surface area contributed by atoms with Gasteiger partial charge in [0.1, 0.15) is 11.6 Å². The minimum absolute atomic E-state index is 0.181. The number of hydrogen-bond donors (Lipinski definition) is 0. The molecule has 0 heterocycles. The molecule has 4 rings (SSSR count). The van der Waals surface area contributed by atoms with E-state index in [1.54, 1.807) is 0 Å². The number of aryl methyl sites for hydroxylation is 2. The third-order valence-electron chi connectivity index (χ3n) is 5.66. The molecule has 1 unspecified atom stereocenters. The zero-order valence-corrected chi connectivity index (χ0v) is 16.5. The molecule has 3 aromatic rings. The van der Waals surface area contributed by atoms with Crippen LogP contribution in [0, 0.1) is 35.1 Å². The molecule has 0 nitrogen and oxygen atoms in total. The van der Waals surface area contributed by atoms with Gasteiger partial charge in [-0.2, -0.15) is 0 Å². The van der Waals surface area contributed by atoms with E-state index in [0.717, 1.165) is 28.8 Å². The molecule has 1 atom stereocenters. The van der Waals surface area contributed by atoms with Crippen LogP contribution in [0.4, 0.5) is 17.6 Å². The van der Waals surface area contributed by atoms with Crippen molar-refractivity contribution in [3.8, 4) is 11.8 Å². The Hall–Kier alpha value is -3.06. The number of hydrogen-bond acceptors (Lipinski definition) is 0.